The number of aromatic nitrogens is 3. The summed E-state index contributed by atoms with van der Waals surface area (Å²) in [5.74, 6) is 2.42. The molecule has 0 aliphatic carbocycles. The van der Waals surface area contributed by atoms with Crippen molar-refractivity contribution in [2.45, 2.75) is 39.7 Å². The summed E-state index contributed by atoms with van der Waals surface area (Å²) >= 11 is 0. The fourth-order valence-electron chi connectivity index (χ4n) is 6.02. The second-order valence-corrected chi connectivity index (χ2v) is 11.7. The van der Waals surface area contributed by atoms with E-state index in [4.69, 9.17) is 14.5 Å². The molecule has 4 aromatic rings. The number of likely N-dealkylation sites (N-methyl/N-ethyl adjacent to an activating group) is 1. The van der Waals surface area contributed by atoms with Crippen LogP contribution in [0.15, 0.2) is 54.7 Å². The molecule has 0 bridgehead atoms. The number of carbonyl (C=O) groups is 1. The molecular formula is C34H42N6O3. The van der Waals surface area contributed by atoms with Gasteiger partial charge < -0.3 is 24.3 Å². The monoisotopic (exact) mass is 582 g/mol. The van der Waals surface area contributed by atoms with Gasteiger partial charge in [-0.25, -0.2) is 4.98 Å². The maximum atomic E-state index is 12.7. The standard InChI is InChI=1S/C34H42N6O3/c1-4-39-13-15-40(16-14-39)23-26-5-6-27(19-24(26)2)36-34-37-31-8-7-29(22-32(31)38(34)3)43-30-9-12-35-28(20-30)21-33(41)25-10-17-42-18-11-25/h5-9,12,19-20,22,25H,4,10-11,13-18,21,23H2,1-3H3,(H,36,37). The van der Waals surface area contributed by atoms with Crippen molar-refractivity contribution in [2.75, 3.05) is 51.3 Å². The predicted molar refractivity (Wildman–Crippen MR) is 169 cm³/mol. The number of piperazine rings is 1. The van der Waals surface area contributed by atoms with Crippen LogP contribution in [0.3, 0.4) is 0 Å². The number of nitrogens with zero attached hydrogens (tertiary/aromatic N) is 5. The zero-order valence-electron chi connectivity index (χ0n) is 25.5. The largest absolute Gasteiger partial charge is 0.457 e. The molecule has 0 spiro atoms. The Morgan fingerprint density at radius 2 is 1.77 bits per heavy atom. The van der Waals surface area contributed by atoms with Crippen molar-refractivity contribution in [3.8, 4) is 11.5 Å². The molecule has 9 heteroatoms. The third kappa shape index (κ3) is 7.06. The topological polar surface area (TPSA) is 84.8 Å². The molecule has 0 radical (unpaired) electrons. The Bertz CT molecular complexity index is 1570. The highest BCUT2D eigenvalue weighted by Crippen LogP contribution is 2.29. The molecular weight excluding hydrogens is 540 g/mol. The van der Waals surface area contributed by atoms with Gasteiger partial charge >= 0.3 is 0 Å². The first-order chi connectivity index (χ1) is 20.9. The van der Waals surface area contributed by atoms with Crippen molar-refractivity contribution in [1.29, 1.82) is 0 Å². The first kappa shape index (κ1) is 29.3. The first-order valence-electron chi connectivity index (χ1n) is 15.5. The van der Waals surface area contributed by atoms with Crippen LogP contribution in [0, 0.1) is 12.8 Å². The summed E-state index contributed by atoms with van der Waals surface area (Å²) in [6, 6.07) is 16.2. The molecule has 0 unspecified atom stereocenters. The summed E-state index contributed by atoms with van der Waals surface area (Å²) in [6.45, 7) is 12.4. The lowest BCUT2D eigenvalue weighted by molar-refractivity contribution is -0.125. The maximum Gasteiger partial charge on any atom is 0.208 e. The predicted octanol–water partition coefficient (Wildman–Crippen LogP) is 5.49. The number of hydrogen-bond acceptors (Lipinski definition) is 8. The molecule has 2 aliphatic heterocycles. The third-order valence-electron chi connectivity index (χ3n) is 8.81. The number of aryl methyl sites for hydroxylation is 2. The number of Topliss-reactive ketones (excluding diaryl/α,β-unsaturated/α-hetero) is 1. The molecule has 0 atom stereocenters. The van der Waals surface area contributed by atoms with Gasteiger partial charge in [-0.05, 0) is 67.8 Å². The summed E-state index contributed by atoms with van der Waals surface area (Å²) in [5, 5.41) is 3.51. The Hall–Kier alpha value is -3.79. The van der Waals surface area contributed by atoms with Gasteiger partial charge in [0.2, 0.25) is 5.95 Å². The molecule has 2 saturated heterocycles. The van der Waals surface area contributed by atoms with Crippen LogP contribution in [-0.2, 0) is 29.5 Å². The molecule has 2 aromatic carbocycles. The molecule has 226 valence electrons. The Kier molecular flexibility index (Phi) is 9.02. The fraction of sp³-hybridized carbons (Fsp3) is 0.441. The average Bonchev–Trinajstić information content (AvgIpc) is 3.33. The van der Waals surface area contributed by atoms with E-state index in [1.54, 1.807) is 6.20 Å². The molecule has 6 rings (SSSR count). The molecule has 0 saturated carbocycles. The maximum absolute atomic E-state index is 12.7. The number of fused-ring (bicyclic) bond motifs is 1. The minimum absolute atomic E-state index is 0.0591. The molecule has 1 N–H and O–H groups in total. The van der Waals surface area contributed by atoms with Crippen LogP contribution in [0.4, 0.5) is 11.6 Å². The Morgan fingerprint density at radius 3 is 2.53 bits per heavy atom. The molecule has 2 aliphatic rings. The molecule has 2 aromatic heterocycles. The highest BCUT2D eigenvalue weighted by molar-refractivity contribution is 5.83. The van der Waals surface area contributed by atoms with Gasteiger partial charge in [-0.15, -0.1) is 0 Å². The Balaban J connectivity index is 1.10. The number of anilines is 2. The number of imidazole rings is 1. The van der Waals surface area contributed by atoms with Crippen LogP contribution in [0.25, 0.3) is 11.0 Å². The minimum atomic E-state index is 0.0591. The molecule has 0 amide bonds. The van der Waals surface area contributed by atoms with Crippen LogP contribution >= 0.6 is 0 Å². The van der Waals surface area contributed by atoms with E-state index in [2.05, 4.69) is 52.1 Å². The van der Waals surface area contributed by atoms with Crippen molar-refractivity contribution in [1.82, 2.24) is 24.3 Å². The Labute approximate surface area is 253 Å². The normalized spacial score (nSPS) is 16.9. The molecule has 9 nitrogen and oxygen atoms in total. The van der Waals surface area contributed by atoms with E-state index in [9.17, 15) is 4.79 Å². The number of pyridine rings is 1. The molecule has 4 heterocycles. The highest BCUT2D eigenvalue weighted by atomic mass is 16.5. The van der Waals surface area contributed by atoms with E-state index >= 15 is 0 Å². The number of carbonyl (C=O) groups excluding carboxylic acids is 1. The van der Waals surface area contributed by atoms with Gasteiger partial charge in [0.1, 0.15) is 17.3 Å². The van der Waals surface area contributed by atoms with Crippen LogP contribution in [0.5, 0.6) is 11.5 Å². The summed E-state index contributed by atoms with van der Waals surface area (Å²) < 4.78 is 13.6. The number of rotatable bonds is 10. The minimum Gasteiger partial charge on any atom is -0.457 e. The second kappa shape index (κ2) is 13.2. The summed E-state index contributed by atoms with van der Waals surface area (Å²) in [7, 11) is 2.01. The highest BCUT2D eigenvalue weighted by Gasteiger charge is 2.22. The van der Waals surface area contributed by atoms with Crippen LogP contribution in [0.1, 0.15) is 36.6 Å². The second-order valence-electron chi connectivity index (χ2n) is 11.7. The van der Waals surface area contributed by atoms with Gasteiger partial charge in [-0.2, -0.15) is 0 Å². The SMILES string of the molecule is CCN1CCN(Cc2ccc(Nc3nc4ccc(Oc5ccnc(CC(=O)C6CCOCC6)c5)cc4n3C)cc2C)CC1. The lowest BCUT2D eigenvalue weighted by Crippen LogP contribution is -2.45. The quantitative estimate of drug-likeness (QED) is 0.263. The van der Waals surface area contributed by atoms with Crippen LogP contribution in [-0.4, -0.2) is 76.1 Å². The lowest BCUT2D eigenvalue weighted by Gasteiger charge is -2.34. The van der Waals surface area contributed by atoms with Gasteiger partial charge in [0.15, 0.2) is 0 Å². The van der Waals surface area contributed by atoms with Gasteiger partial charge in [-0.1, -0.05) is 13.0 Å². The fourth-order valence-corrected chi connectivity index (χ4v) is 6.02. The van der Waals surface area contributed by atoms with E-state index < -0.39 is 0 Å². The van der Waals surface area contributed by atoms with E-state index in [1.165, 1.54) is 11.1 Å². The first-order valence-corrected chi connectivity index (χ1v) is 15.5. The molecule has 43 heavy (non-hydrogen) atoms. The number of benzene rings is 2. The lowest BCUT2D eigenvalue weighted by atomic mass is 9.92. The average molecular weight is 583 g/mol. The number of hydrogen-bond donors (Lipinski definition) is 1. The van der Waals surface area contributed by atoms with Gasteiger partial charge in [0.05, 0.1) is 16.7 Å². The van der Waals surface area contributed by atoms with Crippen molar-refractivity contribution >= 4 is 28.5 Å². The van der Waals surface area contributed by atoms with E-state index in [0.29, 0.717) is 31.1 Å². The number of ether oxygens (including phenoxy) is 2. The van der Waals surface area contributed by atoms with Crippen LogP contribution < -0.4 is 10.1 Å². The van der Waals surface area contributed by atoms with Crippen molar-refractivity contribution in [3.05, 3.63) is 71.5 Å². The number of ketones is 1. The van der Waals surface area contributed by atoms with Gasteiger partial charge in [0, 0.05) is 89.3 Å². The summed E-state index contributed by atoms with van der Waals surface area (Å²) in [6.07, 6.45) is 3.59. The third-order valence-corrected chi connectivity index (χ3v) is 8.81. The Morgan fingerprint density at radius 1 is 1.00 bits per heavy atom. The van der Waals surface area contributed by atoms with Crippen LogP contribution in [0.2, 0.25) is 0 Å². The van der Waals surface area contributed by atoms with Crippen molar-refractivity contribution in [2.24, 2.45) is 13.0 Å². The van der Waals surface area contributed by atoms with E-state index in [1.807, 2.05) is 41.9 Å². The zero-order chi connectivity index (χ0) is 29.8. The number of nitrogens with one attached hydrogen (secondary N) is 1. The zero-order valence-corrected chi connectivity index (χ0v) is 25.5. The molecule has 2 fully saturated rings. The van der Waals surface area contributed by atoms with Gasteiger partial charge in [-0.3, -0.25) is 14.7 Å². The summed E-state index contributed by atoms with van der Waals surface area (Å²) in [5.41, 5.74) is 6.24. The van der Waals surface area contributed by atoms with Gasteiger partial charge in [0.25, 0.3) is 0 Å². The van der Waals surface area contributed by atoms with E-state index in [-0.39, 0.29) is 11.7 Å². The van der Waals surface area contributed by atoms with E-state index in [0.717, 1.165) is 80.5 Å². The summed E-state index contributed by atoms with van der Waals surface area (Å²) in [4.78, 5) is 27.0. The van der Waals surface area contributed by atoms with Crippen molar-refractivity contribution in [3.63, 3.8) is 0 Å². The smallest absolute Gasteiger partial charge is 0.208 e. The van der Waals surface area contributed by atoms with Crippen molar-refractivity contribution < 1.29 is 14.3 Å².